The van der Waals surface area contributed by atoms with E-state index in [1.54, 1.807) is 25.3 Å². The van der Waals surface area contributed by atoms with Crippen LogP contribution in [0.25, 0.3) is 0 Å². The Kier molecular flexibility index (Phi) is 3.84. The van der Waals surface area contributed by atoms with E-state index in [0.29, 0.717) is 24.9 Å². The zero-order valence-electron chi connectivity index (χ0n) is 12.4. The van der Waals surface area contributed by atoms with Gasteiger partial charge in [0.1, 0.15) is 11.6 Å². The summed E-state index contributed by atoms with van der Waals surface area (Å²) in [5.41, 5.74) is 0.804. The van der Waals surface area contributed by atoms with E-state index in [0.717, 1.165) is 11.3 Å². The van der Waals surface area contributed by atoms with Gasteiger partial charge >= 0.3 is 0 Å². The molecule has 1 aliphatic rings. The number of carbonyl (C=O) groups excluding carboxylic acids is 1. The van der Waals surface area contributed by atoms with E-state index in [9.17, 15) is 9.18 Å². The van der Waals surface area contributed by atoms with Gasteiger partial charge in [-0.3, -0.25) is 4.79 Å². The van der Waals surface area contributed by atoms with Gasteiger partial charge in [0, 0.05) is 12.1 Å². The standard InChI is InChI=1S/C18H18FNO2/c1-22-14-8-6-13(7-9-14)12-20-17(21)18(10-11-18)15-4-2-3-5-16(15)19/h2-9H,10-12H2,1H3,(H,20,21). The third-order valence-electron chi connectivity index (χ3n) is 4.19. The molecular weight excluding hydrogens is 281 g/mol. The molecule has 1 amide bonds. The minimum atomic E-state index is -0.683. The Morgan fingerprint density at radius 2 is 1.86 bits per heavy atom. The van der Waals surface area contributed by atoms with Crippen LogP contribution in [0.4, 0.5) is 4.39 Å². The predicted octanol–water partition coefficient (Wildman–Crippen LogP) is 3.18. The Hall–Kier alpha value is -2.36. The summed E-state index contributed by atoms with van der Waals surface area (Å²) in [5, 5.41) is 2.92. The quantitative estimate of drug-likeness (QED) is 0.921. The number of amides is 1. The van der Waals surface area contributed by atoms with Gasteiger partial charge in [0.25, 0.3) is 0 Å². The second kappa shape index (κ2) is 5.79. The maximum atomic E-state index is 13.9. The molecule has 0 heterocycles. The average molecular weight is 299 g/mol. The summed E-state index contributed by atoms with van der Waals surface area (Å²) in [7, 11) is 1.61. The molecule has 22 heavy (non-hydrogen) atoms. The van der Waals surface area contributed by atoms with Crippen molar-refractivity contribution in [3.8, 4) is 5.75 Å². The molecule has 1 fully saturated rings. The van der Waals surface area contributed by atoms with Gasteiger partial charge in [-0.2, -0.15) is 0 Å². The molecule has 0 atom stereocenters. The summed E-state index contributed by atoms with van der Waals surface area (Å²) in [4.78, 5) is 12.5. The second-order valence-corrected chi connectivity index (χ2v) is 5.59. The van der Waals surface area contributed by atoms with Crippen LogP contribution in [0.1, 0.15) is 24.0 Å². The Balaban J connectivity index is 1.68. The average Bonchev–Trinajstić information content (AvgIpc) is 3.35. The molecule has 0 spiro atoms. The van der Waals surface area contributed by atoms with Crippen LogP contribution in [0.3, 0.4) is 0 Å². The van der Waals surface area contributed by atoms with Gasteiger partial charge in [-0.1, -0.05) is 30.3 Å². The molecule has 1 saturated carbocycles. The largest absolute Gasteiger partial charge is 0.497 e. The first-order valence-electron chi connectivity index (χ1n) is 7.32. The van der Waals surface area contributed by atoms with Crippen molar-refractivity contribution in [1.82, 2.24) is 5.32 Å². The molecular formula is C18H18FNO2. The van der Waals surface area contributed by atoms with Crippen LogP contribution in [0.5, 0.6) is 5.75 Å². The van der Waals surface area contributed by atoms with E-state index in [2.05, 4.69) is 5.32 Å². The van der Waals surface area contributed by atoms with E-state index in [1.807, 2.05) is 24.3 Å². The van der Waals surface area contributed by atoms with Crippen molar-refractivity contribution in [2.45, 2.75) is 24.8 Å². The normalized spacial score (nSPS) is 15.2. The fraction of sp³-hybridized carbons (Fsp3) is 0.278. The molecule has 3 nitrogen and oxygen atoms in total. The third kappa shape index (κ3) is 2.69. The van der Waals surface area contributed by atoms with Gasteiger partial charge in [-0.15, -0.1) is 0 Å². The van der Waals surface area contributed by atoms with Crippen LogP contribution in [0.2, 0.25) is 0 Å². The lowest BCUT2D eigenvalue weighted by Gasteiger charge is -2.16. The van der Waals surface area contributed by atoms with Crippen molar-refractivity contribution in [1.29, 1.82) is 0 Å². The molecule has 2 aromatic rings. The van der Waals surface area contributed by atoms with Gasteiger partial charge in [-0.25, -0.2) is 4.39 Å². The van der Waals surface area contributed by atoms with E-state index >= 15 is 0 Å². The number of ether oxygens (including phenoxy) is 1. The number of nitrogens with one attached hydrogen (secondary N) is 1. The van der Waals surface area contributed by atoms with Crippen molar-refractivity contribution in [2.75, 3.05) is 7.11 Å². The molecule has 1 N–H and O–H groups in total. The monoisotopic (exact) mass is 299 g/mol. The minimum Gasteiger partial charge on any atom is -0.497 e. The Bertz CT molecular complexity index is 678. The fourth-order valence-corrected chi connectivity index (χ4v) is 2.69. The maximum Gasteiger partial charge on any atom is 0.231 e. The van der Waals surface area contributed by atoms with E-state index < -0.39 is 5.41 Å². The Morgan fingerprint density at radius 1 is 1.18 bits per heavy atom. The van der Waals surface area contributed by atoms with E-state index in [1.165, 1.54) is 6.07 Å². The second-order valence-electron chi connectivity index (χ2n) is 5.59. The number of hydrogen-bond donors (Lipinski definition) is 1. The SMILES string of the molecule is COc1ccc(CNC(=O)C2(c3ccccc3F)CC2)cc1. The molecule has 0 unspecified atom stereocenters. The molecule has 3 rings (SSSR count). The van der Waals surface area contributed by atoms with Crippen molar-refractivity contribution in [3.63, 3.8) is 0 Å². The number of carbonyl (C=O) groups is 1. The maximum absolute atomic E-state index is 13.9. The lowest BCUT2D eigenvalue weighted by Crippen LogP contribution is -2.34. The molecule has 0 aromatic heterocycles. The molecule has 0 radical (unpaired) electrons. The van der Waals surface area contributed by atoms with Gasteiger partial charge in [0.05, 0.1) is 12.5 Å². The molecule has 0 saturated heterocycles. The van der Waals surface area contributed by atoms with Gasteiger partial charge in [-0.05, 0) is 36.6 Å². The van der Waals surface area contributed by atoms with Crippen molar-refractivity contribution in [2.24, 2.45) is 0 Å². The summed E-state index contributed by atoms with van der Waals surface area (Å²) in [6.45, 7) is 0.430. The fourth-order valence-electron chi connectivity index (χ4n) is 2.69. The first kappa shape index (κ1) is 14.6. The zero-order valence-corrected chi connectivity index (χ0v) is 12.4. The first-order valence-corrected chi connectivity index (χ1v) is 7.32. The van der Waals surface area contributed by atoms with Gasteiger partial charge in [0.2, 0.25) is 5.91 Å². The van der Waals surface area contributed by atoms with Crippen LogP contribution in [-0.2, 0) is 16.8 Å². The summed E-state index contributed by atoms with van der Waals surface area (Å²) in [6.07, 6.45) is 1.39. The molecule has 1 aliphatic carbocycles. The van der Waals surface area contributed by atoms with Crippen LogP contribution in [0, 0.1) is 5.82 Å². The Labute approximate surface area is 129 Å². The number of halogens is 1. The topological polar surface area (TPSA) is 38.3 Å². The first-order chi connectivity index (χ1) is 10.7. The van der Waals surface area contributed by atoms with E-state index in [-0.39, 0.29) is 11.7 Å². The number of hydrogen-bond acceptors (Lipinski definition) is 2. The molecule has 114 valence electrons. The number of methoxy groups -OCH3 is 1. The third-order valence-corrected chi connectivity index (χ3v) is 4.19. The highest BCUT2D eigenvalue weighted by Crippen LogP contribution is 2.49. The lowest BCUT2D eigenvalue weighted by molar-refractivity contribution is -0.123. The van der Waals surface area contributed by atoms with Crippen LogP contribution < -0.4 is 10.1 Å². The smallest absolute Gasteiger partial charge is 0.231 e. The Morgan fingerprint density at radius 3 is 2.45 bits per heavy atom. The number of benzene rings is 2. The van der Waals surface area contributed by atoms with Crippen LogP contribution in [-0.4, -0.2) is 13.0 Å². The van der Waals surface area contributed by atoms with E-state index in [4.69, 9.17) is 4.74 Å². The molecule has 0 bridgehead atoms. The highest BCUT2D eigenvalue weighted by atomic mass is 19.1. The highest BCUT2D eigenvalue weighted by molar-refractivity contribution is 5.91. The lowest BCUT2D eigenvalue weighted by atomic mass is 9.94. The minimum absolute atomic E-state index is 0.103. The van der Waals surface area contributed by atoms with Crippen molar-refractivity contribution < 1.29 is 13.9 Å². The predicted molar refractivity (Wildman–Crippen MR) is 82.2 cm³/mol. The summed E-state index contributed by atoms with van der Waals surface area (Å²) >= 11 is 0. The zero-order chi connectivity index (χ0) is 15.6. The highest BCUT2D eigenvalue weighted by Gasteiger charge is 2.52. The van der Waals surface area contributed by atoms with Crippen molar-refractivity contribution >= 4 is 5.91 Å². The molecule has 0 aliphatic heterocycles. The summed E-state index contributed by atoms with van der Waals surface area (Å²) < 4.78 is 19.0. The van der Waals surface area contributed by atoms with Crippen LogP contribution >= 0.6 is 0 Å². The van der Waals surface area contributed by atoms with Gasteiger partial charge < -0.3 is 10.1 Å². The van der Waals surface area contributed by atoms with Crippen LogP contribution in [0.15, 0.2) is 48.5 Å². The number of rotatable bonds is 5. The molecule has 2 aromatic carbocycles. The van der Waals surface area contributed by atoms with Gasteiger partial charge in [0.15, 0.2) is 0 Å². The summed E-state index contributed by atoms with van der Waals surface area (Å²) in [6, 6.07) is 14.0. The molecule has 4 heteroatoms. The van der Waals surface area contributed by atoms with Crippen molar-refractivity contribution in [3.05, 3.63) is 65.5 Å². The summed E-state index contributed by atoms with van der Waals surface area (Å²) in [5.74, 6) is 0.369.